The van der Waals surface area contributed by atoms with Crippen LogP contribution in [0.15, 0.2) is 30.3 Å². The van der Waals surface area contributed by atoms with E-state index in [0.717, 1.165) is 5.56 Å². The number of carbonyl (C=O) groups excluding carboxylic acids is 1. The monoisotopic (exact) mass is 193 g/mol. The highest BCUT2D eigenvalue weighted by Crippen LogP contribution is 2.18. The van der Waals surface area contributed by atoms with Crippen molar-refractivity contribution < 1.29 is 9.53 Å². The van der Waals surface area contributed by atoms with Gasteiger partial charge in [0.2, 0.25) is 0 Å². The van der Waals surface area contributed by atoms with Crippen molar-refractivity contribution in [2.24, 2.45) is 5.73 Å². The standard InChI is InChI=1S/C11H15NO2/c1-3-14-10(13)11(2,12)9-7-5-4-6-8-9/h4-8H,3,12H2,1-2H3/t11-/m0/s1. The molecule has 0 fully saturated rings. The van der Waals surface area contributed by atoms with Crippen LogP contribution in [0, 0.1) is 0 Å². The summed E-state index contributed by atoms with van der Waals surface area (Å²) < 4.78 is 4.90. The van der Waals surface area contributed by atoms with Crippen LogP contribution in [0.25, 0.3) is 0 Å². The van der Waals surface area contributed by atoms with Gasteiger partial charge in [-0.2, -0.15) is 0 Å². The Morgan fingerprint density at radius 1 is 1.43 bits per heavy atom. The van der Waals surface area contributed by atoms with E-state index in [9.17, 15) is 4.79 Å². The lowest BCUT2D eigenvalue weighted by Gasteiger charge is -2.22. The average molecular weight is 193 g/mol. The van der Waals surface area contributed by atoms with Crippen molar-refractivity contribution in [1.29, 1.82) is 0 Å². The quantitative estimate of drug-likeness (QED) is 0.739. The summed E-state index contributed by atoms with van der Waals surface area (Å²) in [6, 6.07) is 9.21. The molecule has 0 saturated carbocycles. The number of esters is 1. The van der Waals surface area contributed by atoms with E-state index in [2.05, 4.69) is 0 Å². The predicted octanol–water partition coefficient (Wildman–Crippen LogP) is 1.42. The second-order valence-corrected chi connectivity index (χ2v) is 3.29. The van der Waals surface area contributed by atoms with Crippen LogP contribution in [0.2, 0.25) is 0 Å². The zero-order chi connectivity index (χ0) is 10.6. The van der Waals surface area contributed by atoms with Gasteiger partial charge >= 0.3 is 5.97 Å². The summed E-state index contributed by atoms with van der Waals surface area (Å²) in [5.74, 6) is -0.397. The highest BCUT2D eigenvalue weighted by Gasteiger charge is 2.31. The van der Waals surface area contributed by atoms with Crippen LogP contribution in [0.4, 0.5) is 0 Å². The molecule has 1 rings (SSSR count). The second-order valence-electron chi connectivity index (χ2n) is 3.29. The zero-order valence-corrected chi connectivity index (χ0v) is 8.49. The SMILES string of the molecule is CCOC(=O)[C@@](C)(N)c1ccccc1. The molecule has 0 unspecified atom stereocenters. The Morgan fingerprint density at radius 2 is 2.00 bits per heavy atom. The normalized spacial score (nSPS) is 14.5. The van der Waals surface area contributed by atoms with E-state index in [-0.39, 0.29) is 0 Å². The van der Waals surface area contributed by atoms with E-state index in [1.165, 1.54) is 0 Å². The number of nitrogens with two attached hydrogens (primary N) is 1. The lowest BCUT2D eigenvalue weighted by molar-refractivity contribution is -0.149. The Morgan fingerprint density at radius 3 is 2.50 bits per heavy atom. The number of ether oxygens (including phenoxy) is 1. The van der Waals surface area contributed by atoms with Crippen molar-refractivity contribution in [3.05, 3.63) is 35.9 Å². The summed E-state index contributed by atoms with van der Waals surface area (Å²) >= 11 is 0. The first-order valence-electron chi connectivity index (χ1n) is 4.60. The van der Waals surface area contributed by atoms with E-state index in [1.807, 2.05) is 30.3 Å². The Bertz CT molecular complexity index is 306. The Balaban J connectivity index is 2.90. The van der Waals surface area contributed by atoms with Crippen LogP contribution in [0.1, 0.15) is 19.4 Å². The van der Waals surface area contributed by atoms with Gasteiger partial charge in [0, 0.05) is 0 Å². The fourth-order valence-electron chi connectivity index (χ4n) is 1.18. The van der Waals surface area contributed by atoms with Gasteiger partial charge in [-0.05, 0) is 19.4 Å². The Hall–Kier alpha value is -1.35. The molecule has 0 radical (unpaired) electrons. The molecular formula is C11H15NO2. The van der Waals surface area contributed by atoms with Crippen LogP contribution in [0.5, 0.6) is 0 Å². The lowest BCUT2D eigenvalue weighted by Crippen LogP contribution is -2.43. The van der Waals surface area contributed by atoms with Crippen molar-refractivity contribution in [3.8, 4) is 0 Å². The number of benzene rings is 1. The molecule has 0 saturated heterocycles. The van der Waals surface area contributed by atoms with Crippen LogP contribution in [-0.2, 0) is 15.1 Å². The minimum Gasteiger partial charge on any atom is -0.464 e. The first-order chi connectivity index (χ1) is 6.59. The van der Waals surface area contributed by atoms with Gasteiger partial charge in [0.1, 0.15) is 5.54 Å². The third kappa shape index (κ3) is 2.12. The summed E-state index contributed by atoms with van der Waals surface area (Å²) in [5.41, 5.74) is 5.60. The van der Waals surface area contributed by atoms with Crippen molar-refractivity contribution >= 4 is 5.97 Å². The van der Waals surface area contributed by atoms with Crippen LogP contribution >= 0.6 is 0 Å². The maximum atomic E-state index is 11.5. The Kier molecular flexibility index (Phi) is 3.25. The molecular weight excluding hydrogens is 178 g/mol. The molecule has 2 N–H and O–H groups in total. The fraction of sp³-hybridized carbons (Fsp3) is 0.364. The molecule has 1 atom stereocenters. The number of rotatable bonds is 3. The summed E-state index contributed by atoms with van der Waals surface area (Å²) in [4.78, 5) is 11.5. The van der Waals surface area contributed by atoms with E-state index in [4.69, 9.17) is 10.5 Å². The largest absolute Gasteiger partial charge is 0.464 e. The predicted molar refractivity (Wildman–Crippen MR) is 54.6 cm³/mol. The van der Waals surface area contributed by atoms with Crippen LogP contribution in [0.3, 0.4) is 0 Å². The maximum absolute atomic E-state index is 11.5. The van der Waals surface area contributed by atoms with Gasteiger partial charge in [0.25, 0.3) is 0 Å². The third-order valence-corrected chi connectivity index (χ3v) is 2.07. The minimum absolute atomic E-state index is 0.346. The smallest absolute Gasteiger partial charge is 0.330 e. The van der Waals surface area contributed by atoms with Gasteiger partial charge < -0.3 is 10.5 Å². The summed E-state index contributed by atoms with van der Waals surface area (Å²) in [6.07, 6.45) is 0. The second kappa shape index (κ2) is 4.24. The zero-order valence-electron chi connectivity index (χ0n) is 8.49. The third-order valence-electron chi connectivity index (χ3n) is 2.07. The lowest BCUT2D eigenvalue weighted by atomic mass is 9.93. The molecule has 1 aromatic rings. The highest BCUT2D eigenvalue weighted by molar-refractivity contribution is 5.81. The van der Waals surface area contributed by atoms with Crippen molar-refractivity contribution in [2.75, 3.05) is 6.61 Å². The van der Waals surface area contributed by atoms with Gasteiger partial charge in [-0.25, -0.2) is 4.79 Å². The minimum atomic E-state index is -1.06. The maximum Gasteiger partial charge on any atom is 0.330 e. The van der Waals surface area contributed by atoms with Gasteiger partial charge in [-0.15, -0.1) is 0 Å². The molecule has 0 aliphatic carbocycles. The fourth-order valence-corrected chi connectivity index (χ4v) is 1.18. The molecule has 1 aromatic carbocycles. The highest BCUT2D eigenvalue weighted by atomic mass is 16.5. The average Bonchev–Trinajstić information content (AvgIpc) is 2.19. The molecule has 0 aliphatic heterocycles. The molecule has 0 amide bonds. The molecule has 0 aromatic heterocycles. The van der Waals surface area contributed by atoms with Crippen molar-refractivity contribution in [2.45, 2.75) is 19.4 Å². The van der Waals surface area contributed by atoms with E-state index >= 15 is 0 Å². The summed E-state index contributed by atoms with van der Waals surface area (Å²) in [7, 11) is 0. The van der Waals surface area contributed by atoms with E-state index in [1.54, 1.807) is 13.8 Å². The Labute approximate surface area is 83.9 Å². The molecule has 0 spiro atoms. The molecule has 0 heterocycles. The number of hydrogen-bond donors (Lipinski definition) is 1. The van der Waals surface area contributed by atoms with E-state index in [0.29, 0.717) is 6.61 Å². The molecule has 76 valence electrons. The van der Waals surface area contributed by atoms with Gasteiger partial charge in [0.05, 0.1) is 6.61 Å². The van der Waals surface area contributed by atoms with Crippen LogP contribution in [-0.4, -0.2) is 12.6 Å². The van der Waals surface area contributed by atoms with Gasteiger partial charge in [-0.1, -0.05) is 30.3 Å². The topological polar surface area (TPSA) is 52.3 Å². The molecule has 0 aliphatic rings. The summed E-state index contributed by atoms with van der Waals surface area (Å²) in [6.45, 7) is 3.76. The molecule has 3 heteroatoms. The van der Waals surface area contributed by atoms with E-state index < -0.39 is 11.5 Å². The van der Waals surface area contributed by atoms with Gasteiger partial charge in [0.15, 0.2) is 0 Å². The molecule has 3 nitrogen and oxygen atoms in total. The van der Waals surface area contributed by atoms with Crippen LogP contribution < -0.4 is 5.73 Å². The number of carbonyl (C=O) groups is 1. The van der Waals surface area contributed by atoms with Gasteiger partial charge in [-0.3, -0.25) is 0 Å². The number of hydrogen-bond acceptors (Lipinski definition) is 3. The summed E-state index contributed by atoms with van der Waals surface area (Å²) in [5, 5.41) is 0. The van der Waals surface area contributed by atoms with Crippen molar-refractivity contribution in [3.63, 3.8) is 0 Å². The van der Waals surface area contributed by atoms with Crippen molar-refractivity contribution in [1.82, 2.24) is 0 Å². The first kappa shape index (κ1) is 10.7. The first-order valence-corrected chi connectivity index (χ1v) is 4.60. The molecule has 0 bridgehead atoms. The molecule has 14 heavy (non-hydrogen) atoms.